The van der Waals surface area contributed by atoms with E-state index < -0.39 is 0 Å². The maximum atomic E-state index is 12.0. The van der Waals surface area contributed by atoms with Crippen molar-refractivity contribution in [2.24, 2.45) is 17.6 Å². The number of anilines is 1. The minimum Gasteiger partial charge on any atom is -0.494 e. The fraction of sp³-hybridized carbons (Fsp3) is 0.562. The van der Waals surface area contributed by atoms with Gasteiger partial charge in [0.15, 0.2) is 0 Å². The molecule has 0 aliphatic heterocycles. The summed E-state index contributed by atoms with van der Waals surface area (Å²) in [5.74, 6) is 1.57. The highest BCUT2D eigenvalue weighted by molar-refractivity contribution is 5.91. The normalized spacial score (nSPS) is 12.2. The van der Waals surface area contributed by atoms with E-state index in [2.05, 4.69) is 19.2 Å². The van der Waals surface area contributed by atoms with Gasteiger partial charge in [-0.05, 0) is 43.9 Å². The van der Waals surface area contributed by atoms with Gasteiger partial charge < -0.3 is 15.8 Å². The zero-order valence-electron chi connectivity index (χ0n) is 12.7. The summed E-state index contributed by atoms with van der Waals surface area (Å²) in [5, 5.41) is 2.90. The van der Waals surface area contributed by atoms with Crippen LogP contribution in [-0.4, -0.2) is 19.1 Å². The molecule has 4 heteroatoms. The van der Waals surface area contributed by atoms with Crippen molar-refractivity contribution in [3.63, 3.8) is 0 Å². The first-order valence-corrected chi connectivity index (χ1v) is 7.27. The van der Waals surface area contributed by atoms with Crippen LogP contribution in [0.4, 0.5) is 5.69 Å². The number of carbonyl (C=O) groups is 1. The molecule has 0 saturated carbocycles. The number of nitrogens with one attached hydrogen (secondary N) is 1. The average Bonchev–Trinajstić information content (AvgIpc) is 2.38. The second-order valence-corrected chi connectivity index (χ2v) is 5.44. The molecule has 0 aliphatic carbocycles. The van der Waals surface area contributed by atoms with Crippen LogP contribution in [0.5, 0.6) is 5.75 Å². The molecular formula is C16H26N2O2. The highest BCUT2D eigenvalue weighted by atomic mass is 16.5. The van der Waals surface area contributed by atoms with Gasteiger partial charge in [-0.3, -0.25) is 4.79 Å². The molecule has 1 aromatic carbocycles. The maximum absolute atomic E-state index is 12.0. The predicted octanol–water partition coefficient (Wildman–Crippen LogP) is 3.03. The monoisotopic (exact) mass is 278 g/mol. The number of carbonyl (C=O) groups excluding carboxylic acids is 1. The Labute approximate surface area is 121 Å². The molecule has 1 aromatic rings. The summed E-state index contributed by atoms with van der Waals surface area (Å²) in [4.78, 5) is 12.0. The van der Waals surface area contributed by atoms with Gasteiger partial charge >= 0.3 is 0 Å². The molecule has 0 radical (unpaired) electrons. The van der Waals surface area contributed by atoms with Gasteiger partial charge in [0.1, 0.15) is 5.75 Å². The molecule has 3 N–H and O–H groups in total. The molecule has 0 aromatic heterocycles. The first-order chi connectivity index (χ1) is 9.55. The van der Waals surface area contributed by atoms with Crippen LogP contribution in [0.25, 0.3) is 0 Å². The lowest BCUT2D eigenvalue weighted by Crippen LogP contribution is -2.23. The van der Waals surface area contributed by atoms with Crippen LogP contribution in [0, 0.1) is 11.8 Å². The quantitative estimate of drug-likeness (QED) is 0.768. The Bertz CT molecular complexity index is 419. The molecule has 0 fully saturated rings. The van der Waals surface area contributed by atoms with Crippen LogP contribution in [0.2, 0.25) is 0 Å². The van der Waals surface area contributed by atoms with Crippen molar-refractivity contribution in [1.29, 1.82) is 0 Å². The molecule has 0 saturated heterocycles. The lowest BCUT2D eigenvalue weighted by Gasteiger charge is -2.16. The molecular weight excluding hydrogens is 252 g/mol. The van der Waals surface area contributed by atoms with Crippen molar-refractivity contribution in [3.05, 3.63) is 24.3 Å². The highest BCUT2D eigenvalue weighted by Crippen LogP contribution is 2.19. The van der Waals surface area contributed by atoms with Crippen LogP contribution < -0.4 is 15.8 Å². The summed E-state index contributed by atoms with van der Waals surface area (Å²) in [6.45, 7) is 7.38. The highest BCUT2D eigenvalue weighted by Gasteiger charge is 2.14. The van der Waals surface area contributed by atoms with Crippen molar-refractivity contribution in [3.8, 4) is 5.75 Å². The van der Waals surface area contributed by atoms with Crippen molar-refractivity contribution < 1.29 is 9.53 Å². The van der Waals surface area contributed by atoms with Gasteiger partial charge in [0.05, 0.1) is 6.61 Å². The van der Waals surface area contributed by atoms with E-state index in [4.69, 9.17) is 10.5 Å². The Morgan fingerprint density at radius 3 is 2.75 bits per heavy atom. The third-order valence-electron chi connectivity index (χ3n) is 3.04. The van der Waals surface area contributed by atoms with Crippen LogP contribution in [0.15, 0.2) is 24.3 Å². The Morgan fingerprint density at radius 2 is 2.15 bits per heavy atom. The molecule has 1 atom stereocenters. The molecule has 0 aliphatic rings. The van der Waals surface area contributed by atoms with Crippen LogP contribution >= 0.6 is 0 Å². The third-order valence-corrected chi connectivity index (χ3v) is 3.04. The first kappa shape index (κ1) is 16.5. The molecule has 0 unspecified atom stereocenters. The Morgan fingerprint density at radius 1 is 1.40 bits per heavy atom. The SMILES string of the molecule is CCOc1cccc(NC(=O)C[C@@H](CN)CC(C)C)c1. The number of nitrogens with two attached hydrogens (primary N) is 1. The summed E-state index contributed by atoms with van der Waals surface area (Å²) < 4.78 is 5.41. The summed E-state index contributed by atoms with van der Waals surface area (Å²) in [6, 6.07) is 7.44. The number of rotatable bonds is 8. The van der Waals surface area contributed by atoms with Crippen molar-refractivity contribution in [2.75, 3.05) is 18.5 Å². The fourth-order valence-corrected chi connectivity index (χ4v) is 2.23. The smallest absolute Gasteiger partial charge is 0.224 e. The van der Waals surface area contributed by atoms with Crippen molar-refractivity contribution >= 4 is 11.6 Å². The van der Waals surface area contributed by atoms with Crippen molar-refractivity contribution in [2.45, 2.75) is 33.6 Å². The number of amides is 1. The molecule has 0 spiro atoms. The zero-order valence-corrected chi connectivity index (χ0v) is 12.7. The van der Waals surface area contributed by atoms with E-state index in [1.165, 1.54) is 0 Å². The predicted molar refractivity (Wildman–Crippen MR) is 82.9 cm³/mol. The lowest BCUT2D eigenvalue weighted by atomic mass is 9.94. The second-order valence-electron chi connectivity index (χ2n) is 5.44. The molecule has 1 amide bonds. The van der Waals surface area contributed by atoms with Gasteiger partial charge in [0, 0.05) is 18.2 Å². The van der Waals surface area contributed by atoms with E-state index in [0.29, 0.717) is 25.5 Å². The summed E-state index contributed by atoms with van der Waals surface area (Å²) in [7, 11) is 0. The van der Waals surface area contributed by atoms with E-state index in [1.807, 2.05) is 31.2 Å². The molecule has 112 valence electrons. The van der Waals surface area contributed by atoms with Gasteiger partial charge in [-0.1, -0.05) is 19.9 Å². The molecule has 20 heavy (non-hydrogen) atoms. The van der Waals surface area contributed by atoms with Crippen molar-refractivity contribution in [1.82, 2.24) is 0 Å². The summed E-state index contributed by atoms with van der Waals surface area (Å²) in [6.07, 6.45) is 1.44. The number of hydrogen-bond donors (Lipinski definition) is 2. The van der Waals surface area contributed by atoms with Crippen LogP contribution in [0.1, 0.15) is 33.6 Å². The second kappa shape index (κ2) is 8.59. The third kappa shape index (κ3) is 6.06. The maximum Gasteiger partial charge on any atom is 0.224 e. The molecule has 4 nitrogen and oxygen atoms in total. The zero-order chi connectivity index (χ0) is 15.0. The van der Waals surface area contributed by atoms with E-state index >= 15 is 0 Å². The van der Waals surface area contributed by atoms with E-state index in [-0.39, 0.29) is 11.8 Å². The summed E-state index contributed by atoms with van der Waals surface area (Å²) >= 11 is 0. The van der Waals surface area contributed by atoms with Crippen LogP contribution in [-0.2, 0) is 4.79 Å². The summed E-state index contributed by atoms with van der Waals surface area (Å²) in [5.41, 5.74) is 6.49. The van der Waals surface area contributed by atoms with Gasteiger partial charge in [-0.25, -0.2) is 0 Å². The number of hydrogen-bond acceptors (Lipinski definition) is 3. The number of benzene rings is 1. The number of ether oxygens (including phenoxy) is 1. The molecule has 0 heterocycles. The van der Waals surface area contributed by atoms with Gasteiger partial charge in [-0.2, -0.15) is 0 Å². The minimum atomic E-state index is 0.00903. The minimum absolute atomic E-state index is 0.00903. The van der Waals surface area contributed by atoms with Gasteiger partial charge in [0.2, 0.25) is 5.91 Å². The van der Waals surface area contributed by atoms with Gasteiger partial charge in [0.25, 0.3) is 0 Å². The Balaban J connectivity index is 2.54. The van der Waals surface area contributed by atoms with E-state index in [9.17, 15) is 4.79 Å². The first-order valence-electron chi connectivity index (χ1n) is 7.27. The molecule has 0 bridgehead atoms. The fourth-order valence-electron chi connectivity index (χ4n) is 2.23. The van der Waals surface area contributed by atoms with E-state index in [1.54, 1.807) is 0 Å². The van der Waals surface area contributed by atoms with Crippen LogP contribution in [0.3, 0.4) is 0 Å². The molecule has 1 rings (SSSR count). The van der Waals surface area contributed by atoms with Gasteiger partial charge in [-0.15, -0.1) is 0 Å². The van der Waals surface area contributed by atoms with E-state index in [0.717, 1.165) is 17.9 Å². The Hall–Kier alpha value is -1.55. The Kier molecular flexibility index (Phi) is 7.09. The standard InChI is InChI=1S/C16H26N2O2/c1-4-20-15-7-5-6-14(10-15)18-16(19)9-13(11-17)8-12(2)3/h5-7,10,12-13H,4,8-9,11,17H2,1-3H3,(H,18,19)/t13-/m0/s1. The lowest BCUT2D eigenvalue weighted by molar-refractivity contribution is -0.117. The topological polar surface area (TPSA) is 64.3 Å². The largest absolute Gasteiger partial charge is 0.494 e. The average molecular weight is 278 g/mol.